The average Bonchev–Trinajstić information content (AvgIpc) is 2.60. The second kappa shape index (κ2) is 7.32. The van der Waals surface area contributed by atoms with Crippen LogP contribution < -0.4 is 0 Å². The Labute approximate surface area is 150 Å². The minimum Gasteiger partial charge on any atom is -0.207 e. The molecular weight excluding hydrogens is 340 g/mol. The second-order valence-corrected chi connectivity index (χ2v) is 6.54. The van der Waals surface area contributed by atoms with Gasteiger partial charge in [-0.2, -0.15) is 0 Å². The smallest absolute Gasteiger partial charge is 0.162 e. The van der Waals surface area contributed by atoms with E-state index in [0.29, 0.717) is 16.7 Å². The minimum atomic E-state index is -0.906. The molecule has 0 saturated heterocycles. The standard InChI is InChI=1S/C22H18F4/c1-13-3-6-16(19(23)9-13)12-17-8-5-15(11-20(17)24)10-18-7-4-14(2)21(25)22(18)26/h3-9,11H,10,12H2,1-2H3. The van der Waals surface area contributed by atoms with Gasteiger partial charge < -0.3 is 0 Å². The van der Waals surface area contributed by atoms with Gasteiger partial charge in [-0.1, -0.05) is 36.4 Å². The van der Waals surface area contributed by atoms with Crippen molar-refractivity contribution in [1.82, 2.24) is 0 Å². The minimum absolute atomic E-state index is 0.0825. The third kappa shape index (κ3) is 3.79. The van der Waals surface area contributed by atoms with Gasteiger partial charge in [-0.15, -0.1) is 0 Å². The molecule has 0 aromatic heterocycles. The summed E-state index contributed by atoms with van der Waals surface area (Å²) in [5.41, 5.74) is 2.49. The van der Waals surface area contributed by atoms with Gasteiger partial charge in [0.25, 0.3) is 0 Å². The largest absolute Gasteiger partial charge is 0.207 e. The van der Waals surface area contributed by atoms with Crippen LogP contribution in [0.3, 0.4) is 0 Å². The molecule has 0 bridgehead atoms. The summed E-state index contributed by atoms with van der Waals surface area (Å²) in [6.07, 6.45) is 0.213. The Balaban J connectivity index is 1.83. The first kappa shape index (κ1) is 18.2. The van der Waals surface area contributed by atoms with E-state index in [1.54, 1.807) is 31.2 Å². The third-order valence-corrected chi connectivity index (χ3v) is 4.46. The Morgan fingerprint density at radius 1 is 0.615 bits per heavy atom. The van der Waals surface area contributed by atoms with E-state index >= 15 is 0 Å². The molecule has 0 saturated carbocycles. The Morgan fingerprint density at radius 3 is 1.88 bits per heavy atom. The zero-order valence-corrected chi connectivity index (χ0v) is 14.5. The van der Waals surface area contributed by atoms with Crippen LogP contribution in [0.25, 0.3) is 0 Å². The molecule has 0 N–H and O–H groups in total. The van der Waals surface area contributed by atoms with Crippen molar-refractivity contribution in [3.05, 3.63) is 105 Å². The lowest BCUT2D eigenvalue weighted by Gasteiger charge is -2.09. The van der Waals surface area contributed by atoms with Gasteiger partial charge in [-0.25, -0.2) is 17.6 Å². The van der Waals surface area contributed by atoms with Gasteiger partial charge in [0, 0.05) is 12.8 Å². The predicted octanol–water partition coefficient (Wildman–Crippen LogP) is 6.04. The van der Waals surface area contributed by atoms with Crippen molar-refractivity contribution >= 4 is 0 Å². The van der Waals surface area contributed by atoms with E-state index < -0.39 is 17.5 Å². The first-order valence-electron chi connectivity index (χ1n) is 8.31. The molecule has 0 aliphatic rings. The van der Waals surface area contributed by atoms with Gasteiger partial charge >= 0.3 is 0 Å². The lowest BCUT2D eigenvalue weighted by atomic mass is 9.98. The van der Waals surface area contributed by atoms with Crippen molar-refractivity contribution in [3.8, 4) is 0 Å². The van der Waals surface area contributed by atoms with Crippen molar-refractivity contribution in [2.75, 3.05) is 0 Å². The number of aryl methyl sites for hydroxylation is 2. The Bertz CT molecular complexity index is 961. The fourth-order valence-electron chi connectivity index (χ4n) is 2.89. The zero-order valence-electron chi connectivity index (χ0n) is 14.5. The zero-order chi connectivity index (χ0) is 18.8. The molecule has 26 heavy (non-hydrogen) atoms. The first-order valence-corrected chi connectivity index (χ1v) is 8.31. The van der Waals surface area contributed by atoms with Gasteiger partial charge in [-0.3, -0.25) is 0 Å². The molecule has 3 rings (SSSR count). The lowest BCUT2D eigenvalue weighted by molar-refractivity contribution is 0.495. The SMILES string of the molecule is Cc1ccc(Cc2ccc(Cc3ccc(C)c(F)c3F)cc2F)c(F)c1. The summed E-state index contributed by atoms with van der Waals surface area (Å²) in [4.78, 5) is 0. The number of hydrogen-bond acceptors (Lipinski definition) is 0. The fourth-order valence-corrected chi connectivity index (χ4v) is 2.89. The van der Waals surface area contributed by atoms with Crippen LogP contribution in [0.15, 0.2) is 48.5 Å². The maximum atomic E-state index is 14.4. The van der Waals surface area contributed by atoms with Crippen LogP contribution in [0.4, 0.5) is 17.6 Å². The Kier molecular flexibility index (Phi) is 5.12. The summed E-state index contributed by atoms with van der Waals surface area (Å²) in [6, 6.07) is 12.3. The van der Waals surface area contributed by atoms with Gasteiger partial charge in [0.05, 0.1) is 0 Å². The first-order chi connectivity index (χ1) is 12.3. The molecule has 134 valence electrons. The summed E-state index contributed by atoms with van der Waals surface area (Å²) in [6.45, 7) is 3.27. The highest BCUT2D eigenvalue weighted by atomic mass is 19.2. The molecular formula is C22H18F4. The molecule has 0 radical (unpaired) electrons. The molecule has 0 fully saturated rings. The number of halogens is 4. The van der Waals surface area contributed by atoms with Gasteiger partial charge in [-0.05, 0) is 59.4 Å². The molecule has 0 aliphatic carbocycles. The average molecular weight is 358 g/mol. The van der Waals surface area contributed by atoms with Crippen molar-refractivity contribution in [2.45, 2.75) is 26.7 Å². The summed E-state index contributed by atoms with van der Waals surface area (Å²) in [7, 11) is 0. The summed E-state index contributed by atoms with van der Waals surface area (Å²) < 4.78 is 56.0. The van der Waals surface area contributed by atoms with Gasteiger partial charge in [0.2, 0.25) is 0 Å². The summed E-state index contributed by atoms with van der Waals surface area (Å²) in [5, 5.41) is 0. The normalized spacial score (nSPS) is 11.0. The number of benzene rings is 3. The van der Waals surface area contributed by atoms with Crippen LogP contribution >= 0.6 is 0 Å². The van der Waals surface area contributed by atoms with Crippen LogP contribution in [0.2, 0.25) is 0 Å². The summed E-state index contributed by atoms with van der Waals surface area (Å²) in [5.74, 6) is -2.65. The Morgan fingerprint density at radius 2 is 1.23 bits per heavy atom. The van der Waals surface area contributed by atoms with Crippen molar-refractivity contribution in [2.24, 2.45) is 0 Å². The highest BCUT2D eigenvalue weighted by Crippen LogP contribution is 2.22. The van der Waals surface area contributed by atoms with E-state index in [2.05, 4.69) is 0 Å². The quantitative estimate of drug-likeness (QED) is 0.499. The molecule has 0 spiro atoms. The van der Waals surface area contributed by atoms with E-state index in [1.807, 2.05) is 0 Å². The molecule has 0 aliphatic heterocycles. The van der Waals surface area contributed by atoms with Crippen molar-refractivity contribution in [3.63, 3.8) is 0 Å². The molecule has 3 aromatic carbocycles. The predicted molar refractivity (Wildman–Crippen MR) is 94.2 cm³/mol. The van der Waals surface area contributed by atoms with Crippen LogP contribution in [0, 0.1) is 37.1 Å². The molecule has 3 aromatic rings. The van der Waals surface area contributed by atoms with Gasteiger partial charge in [0.1, 0.15) is 11.6 Å². The van der Waals surface area contributed by atoms with Crippen LogP contribution in [0.1, 0.15) is 33.4 Å². The fraction of sp³-hybridized carbons (Fsp3) is 0.182. The summed E-state index contributed by atoms with van der Waals surface area (Å²) >= 11 is 0. The van der Waals surface area contributed by atoms with E-state index in [9.17, 15) is 17.6 Å². The maximum Gasteiger partial charge on any atom is 0.162 e. The number of hydrogen-bond donors (Lipinski definition) is 0. The van der Waals surface area contributed by atoms with Crippen molar-refractivity contribution in [1.29, 1.82) is 0 Å². The van der Waals surface area contributed by atoms with Crippen molar-refractivity contribution < 1.29 is 17.6 Å². The van der Waals surface area contributed by atoms with E-state index in [0.717, 1.165) is 5.56 Å². The van der Waals surface area contributed by atoms with Crippen LogP contribution in [-0.4, -0.2) is 0 Å². The molecule has 0 unspecified atom stereocenters. The van der Waals surface area contributed by atoms with Crippen LogP contribution in [0.5, 0.6) is 0 Å². The topological polar surface area (TPSA) is 0 Å². The monoisotopic (exact) mass is 358 g/mol. The maximum absolute atomic E-state index is 14.4. The van der Waals surface area contributed by atoms with E-state index in [4.69, 9.17) is 0 Å². The number of rotatable bonds is 4. The Hall–Kier alpha value is -2.62. The molecule has 0 atom stereocenters. The highest BCUT2D eigenvalue weighted by Gasteiger charge is 2.13. The van der Waals surface area contributed by atoms with Crippen LogP contribution in [-0.2, 0) is 12.8 Å². The lowest BCUT2D eigenvalue weighted by Crippen LogP contribution is -2.01. The molecule has 0 nitrogen and oxygen atoms in total. The van der Waals surface area contributed by atoms with E-state index in [-0.39, 0.29) is 29.8 Å². The molecule has 0 heterocycles. The molecule has 4 heteroatoms. The van der Waals surface area contributed by atoms with E-state index in [1.165, 1.54) is 31.2 Å². The third-order valence-electron chi connectivity index (χ3n) is 4.46. The molecule has 0 amide bonds. The second-order valence-electron chi connectivity index (χ2n) is 6.54. The van der Waals surface area contributed by atoms with Gasteiger partial charge in [0.15, 0.2) is 11.6 Å². The highest BCUT2D eigenvalue weighted by molar-refractivity contribution is 5.35.